The minimum atomic E-state index is 0.00497. The molecule has 4 heterocycles. The van der Waals surface area contributed by atoms with Crippen LogP contribution in [-0.4, -0.2) is 70.9 Å². The number of amides is 2. The van der Waals surface area contributed by atoms with Gasteiger partial charge in [0.1, 0.15) is 11.5 Å². The fourth-order valence-electron chi connectivity index (χ4n) is 4.52. The highest BCUT2D eigenvalue weighted by molar-refractivity contribution is 5.92. The summed E-state index contributed by atoms with van der Waals surface area (Å²) in [4.78, 5) is 40.5. The first kappa shape index (κ1) is 21.3. The number of rotatable bonds is 5. The molecule has 2 aliphatic heterocycles. The van der Waals surface area contributed by atoms with E-state index in [0.717, 1.165) is 70.0 Å². The lowest BCUT2D eigenvalue weighted by atomic mass is 9.93. The molecule has 2 amide bonds. The number of anilines is 1. The Kier molecular flexibility index (Phi) is 6.79. The highest BCUT2D eigenvalue weighted by atomic mass is 16.2. The SMILES string of the molecule is Cc1cccc(C(=O)N2CCCC(CCC(=O)N3CCN(c4ccccn4)CC3)C2)n1. The fraction of sp³-hybridized carbons (Fsp3) is 0.500. The predicted octanol–water partition coefficient (Wildman–Crippen LogP) is 2.77. The van der Waals surface area contributed by atoms with Gasteiger partial charge in [0.15, 0.2) is 0 Å². The molecule has 2 aromatic rings. The molecule has 0 bridgehead atoms. The predicted molar refractivity (Wildman–Crippen MR) is 120 cm³/mol. The minimum absolute atomic E-state index is 0.00497. The number of piperidine rings is 1. The van der Waals surface area contributed by atoms with Gasteiger partial charge in [-0.05, 0) is 56.4 Å². The van der Waals surface area contributed by atoms with E-state index < -0.39 is 0 Å². The van der Waals surface area contributed by atoms with Crippen LogP contribution in [0, 0.1) is 12.8 Å². The summed E-state index contributed by atoms with van der Waals surface area (Å²) in [6.07, 6.45) is 5.26. The van der Waals surface area contributed by atoms with Gasteiger partial charge < -0.3 is 14.7 Å². The Labute approximate surface area is 184 Å². The number of hydrogen-bond donors (Lipinski definition) is 0. The van der Waals surface area contributed by atoms with Crippen molar-refractivity contribution < 1.29 is 9.59 Å². The zero-order valence-corrected chi connectivity index (χ0v) is 18.2. The molecule has 7 nitrogen and oxygen atoms in total. The summed E-state index contributed by atoms with van der Waals surface area (Å²) in [5.41, 5.74) is 1.37. The molecule has 2 fully saturated rings. The summed E-state index contributed by atoms with van der Waals surface area (Å²) in [6, 6.07) is 11.5. The third-order valence-electron chi connectivity index (χ3n) is 6.29. The van der Waals surface area contributed by atoms with Crippen LogP contribution in [0.4, 0.5) is 5.82 Å². The Hall–Kier alpha value is -2.96. The van der Waals surface area contributed by atoms with Crippen molar-refractivity contribution in [2.45, 2.75) is 32.6 Å². The number of pyridine rings is 2. The van der Waals surface area contributed by atoms with Gasteiger partial charge in [0.05, 0.1) is 0 Å². The van der Waals surface area contributed by atoms with Gasteiger partial charge in [-0.15, -0.1) is 0 Å². The van der Waals surface area contributed by atoms with Gasteiger partial charge >= 0.3 is 0 Å². The molecule has 164 valence electrons. The molecular formula is C24H31N5O2. The van der Waals surface area contributed by atoms with E-state index in [1.54, 1.807) is 12.3 Å². The van der Waals surface area contributed by atoms with Gasteiger partial charge in [-0.3, -0.25) is 9.59 Å². The van der Waals surface area contributed by atoms with Crippen LogP contribution >= 0.6 is 0 Å². The van der Waals surface area contributed by atoms with Gasteiger partial charge in [0.2, 0.25) is 5.91 Å². The quantitative estimate of drug-likeness (QED) is 0.743. The first-order valence-electron chi connectivity index (χ1n) is 11.3. The lowest BCUT2D eigenvalue weighted by Gasteiger charge is -2.36. The molecule has 1 atom stereocenters. The third kappa shape index (κ3) is 5.40. The maximum atomic E-state index is 12.8. The average Bonchev–Trinajstić information content (AvgIpc) is 2.83. The molecule has 0 aliphatic carbocycles. The first-order valence-corrected chi connectivity index (χ1v) is 11.3. The number of carbonyl (C=O) groups excluding carboxylic acids is 2. The third-order valence-corrected chi connectivity index (χ3v) is 6.29. The van der Waals surface area contributed by atoms with E-state index in [2.05, 4.69) is 14.9 Å². The van der Waals surface area contributed by atoms with Crippen molar-refractivity contribution in [2.75, 3.05) is 44.2 Å². The number of carbonyl (C=O) groups is 2. The largest absolute Gasteiger partial charge is 0.353 e. The molecule has 2 aromatic heterocycles. The number of nitrogens with zero attached hydrogens (tertiary/aromatic N) is 5. The van der Waals surface area contributed by atoms with Gasteiger partial charge in [-0.25, -0.2) is 9.97 Å². The molecule has 4 rings (SSSR count). The summed E-state index contributed by atoms with van der Waals surface area (Å²) < 4.78 is 0. The molecule has 2 saturated heterocycles. The highest BCUT2D eigenvalue weighted by Gasteiger charge is 2.27. The number of piperazine rings is 1. The topological polar surface area (TPSA) is 69.6 Å². The van der Waals surface area contributed by atoms with Gasteiger partial charge in [-0.1, -0.05) is 12.1 Å². The molecule has 1 unspecified atom stereocenters. The molecule has 0 radical (unpaired) electrons. The molecular weight excluding hydrogens is 390 g/mol. The zero-order chi connectivity index (χ0) is 21.6. The maximum absolute atomic E-state index is 12.8. The monoisotopic (exact) mass is 421 g/mol. The van der Waals surface area contributed by atoms with Crippen LogP contribution < -0.4 is 4.90 Å². The smallest absolute Gasteiger partial charge is 0.272 e. The number of aromatic nitrogens is 2. The van der Waals surface area contributed by atoms with Gasteiger partial charge in [-0.2, -0.15) is 0 Å². The second kappa shape index (κ2) is 9.90. The van der Waals surface area contributed by atoms with Crippen molar-refractivity contribution in [1.82, 2.24) is 19.8 Å². The second-order valence-electron chi connectivity index (χ2n) is 8.52. The fourth-order valence-corrected chi connectivity index (χ4v) is 4.52. The van der Waals surface area contributed by atoms with Crippen LogP contribution in [0.15, 0.2) is 42.6 Å². The zero-order valence-electron chi connectivity index (χ0n) is 18.2. The van der Waals surface area contributed by atoms with Crippen molar-refractivity contribution in [1.29, 1.82) is 0 Å². The van der Waals surface area contributed by atoms with Crippen LogP contribution in [0.3, 0.4) is 0 Å². The molecule has 0 N–H and O–H groups in total. The van der Waals surface area contributed by atoms with E-state index in [4.69, 9.17) is 0 Å². The van der Waals surface area contributed by atoms with Crippen molar-refractivity contribution in [3.8, 4) is 0 Å². The van der Waals surface area contributed by atoms with Crippen LogP contribution in [0.25, 0.3) is 0 Å². The Morgan fingerprint density at radius 1 is 1.00 bits per heavy atom. The molecule has 7 heteroatoms. The average molecular weight is 422 g/mol. The van der Waals surface area contributed by atoms with Gasteiger partial charge in [0, 0.05) is 57.6 Å². The molecule has 2 aliphatic rings. The minimum Gasteiger partial charge on any atom is -0.353 e. The van der Waals surface area contributed by atoms with Crippen LogP contribution in [0.5, 0.6) is 0 Å². The van der Waals surface area contributed by atoms with E-state index in [1.807, 2.05) is 47.1 Å². The van der Waals surface area contributed by atoms with Gasteiger partial charge in [0.25, 0.3) is 5.91 Å². The number of aryl methyl sites for hydroxylation is 1. The normalized spacial score (nSPS) is 19.4. The molecule has 0 saturated carbocycles. The van der Waals surface area contributed by atoms with Crippen molar-refractivity contribution in [2.24, 2.45) is 5.92 Å². The Balaban J connectivity index is 1.23. The first-order chi connectivity index (χ1) is 15.1. The summed E-state index contributed by atoms with van der Waals surface area (Å²) >= 11 is 0. The lowest BCUT2D eigenvalue weighted by molar-refractivity contribution is -0.131. The molecule has 0 aromatic carbocycles. The summed E-state index contributed by atoms with van der Waals surface area (Å²) in [7, 11) is 0. The summed E-state index contributed by atoms with van der Waals surface area (Å²) in [6.45, 7) is 6.50. The van der Waals surface area contributed by atoms with E-state index in [0.29, 0.717) is 18.0 Å². The number of hydrogen-bond acceptors (Lipinski definition) is 5. The Morgan fingerprint density at radius 3 is 2.58 bits per heavy atom. The molecule has 31 heavy (non-hydrogen) atoms. The van der Waals surface area contributed by atoms with E-state index in [9.17, 15) is 9.59 Å². The summed E-state index contributed by atoms with van der Waals surface area (Å²) in [5.74, 6) is 1.58. The Bertz CT molecular complexity index is 896. The van der Waals surface area contributed by atoms with Crippen LogP contribution in [0.1, 0.15) is 41.9 Å². The van der Waals surface area contributed by atoms with Crippen molar-refractivity contribution in [3.63, 3.8) is 0 Å². The van der Waals surface area contributed by atoms with Crippen LogP contribution in [-0.2, 0) is 4.79 Å². The lowest BCUT2D eigenvalue weighted by Crippen LogP contribution is -2.49. The van der Waals surface area contributed by atoms with E-state index >= 15 is 0 Å². The highest BCUT2D eigenvalue weighted by Crippen LogP contribution is 2.23. The van der Waals surface area contributed by atoms with Crippen LogP contribution in [0.2, 0.25) is 0 Å². The Morgan fingerprint density at radius 2 is 1.84 bits per heavy atom. The van der Waals surface area contributed by atoms with E-state index in [1.165, 1.54) is 0 Å². The number of likely N-dealkylation sites (tertiary alicyclic amines) is 1. The maximum Gasteiger partial charge on any atom is 0.272 e. The molecule has 0 spiro atoms. The van der Waals surface area contributed by atoms with Crippen molar-refractivity contribution in [3.05, 3.63) is 54.0 Å². The standard InChI is InChI=1S/C24H31N5O2/c1-19-6-4-8-21(26-19)24(31)29-13-5-7-20(18-29)10-11-23(30)28-16-14-27(15-17-28)22-9-2-3-12-25-22/h2-4,6,8-9,12,20H,5,7,10-11,13-18H2,1H3. The van der Waals surface area contributed by atoms with Crippen molar-refractivity contribution >= 4 is 17.6 Å². The second-order valence-corrected chi connectivity index (χ2v) is 8.52. The summed E-state index contributed by atoms with van der Waals surface area (Å²) in [5, 5.41) is 0. The van der Waals surface area contributed by atoms with E-state index in [-0.39, 0.29) is 11.8 Å².